The summed E-state index contributed by atoms with van der Waals surface area (Å²) < 4.78 is 18.3. The van der Waals surface area contributed by atoms with E-state index >= 15 is 0 Å². The van der Waals surface area contributed by atoms with Gasteiger partial charge >= 0.3 is 6.03 Å². The Balaban J connectivity index is 1.43. The Hall–Kier alpha value is -2.45. The second-order valence-electron chi connectivity index (χ2n) is 6.78. The molecule has 2 aliphatic rings. The van der Waals surface area contributed by atoms with Gasteiger partial charge in [0.05, 0.1) is 6.54 Å². The van der Waals surface area contributed by atoms with E-state index in [1.807, 2.05) is 11.4 Å². The van der Waals surface area contributed by atoms with Gasteiger partial charge in [0.2, 0.25) is 0 Å². The van der Waals surface area contributed by atoms with Crippen molar-refractivity contribution in [1.82, 2.24) is 10.2 Å². The van der Waals surface area contributed by atoms with Crippen molar-refractivity contribution in [2.75, 3.05) is 13.2 Å². The summed E-state index contributed by atoms with van der Waals surface area (Å²) in [7, 11) is 0. The van der Waals surface area contributed by atoms with Crippen LogP contribution >= 0.6 is 11.3 Å². The fraction of sp³-hybridized carbons (Fsp3) is 0.368. The molecule has 0 saturated carbocycles. The van der Waals surface area contributed by atoms with Gasteiger partial charge in [-0.1, -0.05) is 0 Å². The Morgan fingerprint density at radius 3 is 2.85 bits per heavy atom. The summed E-state index contributed by atoms with van der Waals surface area (Å²) in [5.41, 5.74) is -0.140. The number of hydrogen-bond donors (Lipinski definition) is 2. The molecule has 1 spiro atoms. The standard InChI is InChI=1S/C19H19FN2O4S/c20-12-3-5-14(6-4-12)26-11-13(23)10-22-17(24)19(21-18(22)25)8-1-2-16-15(19)7-9-27-16/h3-7,9,13,23H,1-2,8,10-11H2,(H,21,25)/t13-,19+/m1/s1. The van der Waals surface area contributed by atoms with Crippen LogP contribution in [-0.4, -0.2) is 41.2 Å². The Morgan fingerprint density at radius 1 is 1.30 bits per heavy atom. The van der Waals surface area contributed by atoms with E-state index in [0.29, 0.717) is 12.2 Å². The number of carbonyl (C=O) groups excluding carboxylic acids is 2. The molecule has 142 valence electrons. The third-order valence-corrected chi connectivity index (χ3v) is 5.97. The van der Waals surface area contributed by atoms with Gasteiger partial charge < -0.3 is 15.2 Å². The van der Waals surface area contributed by atoms with E-state index in [1.54, 1.807) is 11.3 Å². The number of imide groups is 1. The fourth-order valence-electron chi connectivity index (χ4n) is 3.69. The van der Waals surface area contributed by atoms with Crippen LogP contribution in [0.5, 0.6) is 5.75 Å². The minimum absolute atomic E-state index is 0.112. The molecule has 0 bridgehead atoms. The van der Waals surface area contributed by atoms with Crippen LogP contribution in [0.4, 0.5) is 9.18 Å². The van der Waals surface area contributed by atoms with Crippen molar-refractivity contribution in [3.63, 3.8) is 0 Å². The molecule has 1 aliphatic heterocycles. The number of thiophene rings is 1. The molecule has 2 atom stereocenters. The topological polar surface area (TPSA) is 78.9 Å². The monoisotopic (exact) mass is 390 g/mol. The summed E-state index contributed by atoms with van der Waals surface area (Å²) in [5.74, 6) is -0.306. The first-order chi connectivity index (χ1) is 13.0. The van der Waals surface area contributed by atoms with E-state index in [9.17, 15) is 19.1 Å². The molecule has 2 N–H and O–H groups in total. The van der Waals surface area contributed by atoms with E-state index < -0.39 is 17.7 Å². The Labute approximate surface area is 159 Å². The molecule has 1 saturated heterocycles. The number of aliphatic hydroxyl groups excluding tert-OH is 1. The number of aliphatic hydroxyl groups is 1. The number of carbonyl (C=O) groups is 2. The van der Waals surface area contributed by atoms with Crippen molar-refractivity contribution in [3.8, 4) is 5.75 Å². The Morgan fingerprint density at radius 2 is 2.07 bits per heavy atom. The van der Waals surface area contributed by atoms with Gasteiger partial charge in [-0.2, -0.15) is 0 Å². The number of ether oxygens (including phenoxy) is 1. The highest BCUT2D eigenvalue weighted by Gasteiger charge is 2.54. The normalized spacial score (nSPS) is 22.7. The molecular weight excluding hydrogens is 371 g/mol. The predicted molar refractivity (Wildman–Crippen MR) is 97.1 cm³/mol. The Kier molecular flexibility index (Phi) is 4.61. The van der Waals surface area contributed by atoms with Crippen molar-refractivity contribution in [2.24, 2.45) is 0 Å². The number of hydrogen-bond acceptors (Lipinski definition) is 5. The highest BCUT2D eigenvalue weighted by Crippen LogP contribution is 2.42. The van der Waals surface area contributed by atoms with Gasteiger partial charge in [0.15, 0.2) is 0 Å². The zero-order valence-electron chi connectivity index (χ0n) is 14.5. The third-order valence-electron chi connectivity index (χ3n) is 4.99. The van der Waals surface area contributed by atoms with Crippen molar-refractivity contribution in [3.05, 3.63) is 52.0 Å². The number of urea groups is 1. The minimum atomic E-state index is -1.05. The average Bonchev–Trinajstić information content (AvgIpc) is 3.22. The molecule has 4 rings (SSSR count). The molecule has 2 aromatic rings. The zero-order valence-corrected chi connectivity index (χ0v) is 15.3. The molecule has 1 aromatic heterocycles. The molecule has 6 nitrogen and oxygen atoms in total. The first-order valence-electron chi connectivity index (χ1n) is 8.77. The van der Waals surface area contributed by atoms with Crippen LogP contribution < -0.4 is 10.1 Å². The minimum Gasteiger partial charge on any atom is -0.491 e. The van der Waals surface area contributed by atoms with Crippen LogP contribution in [0.15, 0.2) is 35.7 Å². The predicted octanol–water partition coefficient (Wildman–Crippen LogP) is 2.41. The van der Waals surface area contributed by atoms with E-state index in [0.717, 1.165) is 28.2 Å². The van der Waals surface area contributed by atoms with Crippen molar-refractivity contribution in [1.29, 1.82) is 0 Å². The third kappa shape index (κ3) is 3.19. The van der Waals surface area contributed by atoms with Crippen LogP contribution in [0, 0.1) is 5.82 Å². The van der Waals surface area contributed by atoms with Gasteiger partial charge in [-0.15, -0.1) is 11.3 Å². The average molecular weight is 390 g/mol. The molecule has 0 unspecified atom stereocenters. The van der Waals surface area contributed by atoms with Crippen LogP contribution in [0.1, 0.15) is 23.3 Å². The quantitative estimate of drug-likeness (QED) is 0.769. The van der Waals surface area contributed by atoms with E-state index in [-0.39, 0.29) is 24.9 Å². The fourth-order valence-corrected chi connectivity index (χ4v) is 4.69. The van der Waals surface area contributed by atoms with E-state index in [2.05, 4.69) is 5.32 Å². The molecule has 2 heterocycles. The first-order valence-corrected chi connectivity index (χ1v) is 9.65. The van der Waals surface area contributed by atoms with Crippen molar-refractivity contribution < 1.29 is 23.8 Å². The lowest BCUT2D eigenvalue weighted by molar-refractivity contribution is -0.133. The number of halogens is 1. The SMILES string of the molecule is O=C1N[C@]2(CCCc3sccc32)C(=O)N1C[C@@H](O)COc1ccc(F)cc1. The highest BCUT2D eigenvalue weighted by molar-refractivity contribution is 7.10. The molecular formula is C19H19FN2O4S. The Bertz CT molecular complexity index is 869. The molecule has 1 fully saturated rings. The number of nitrogens with zero attached hydrogens (tertiary/aromatic N) is 1. The van der Waals surface area contributed by atoms with Crippen molar-refractivity contribution >= 4 is 23.3 Å². The molecule has 1 aromatic carbocycles. The number of benzene rings is 1. The number of nitrogens with one attached hydrogen (secondary N) is 1. The second kappa shape index (κ2) is 6.94. The van der Waals surface area contributed by atoms with Crippen LogP contribution in [0.2, 0.25) is 0 Å². The van der Waals surface area contributed by atoms with Crippen LogP contribution in [-0.2, 0) is 16.8 Å². The maximum atomic E-state index is 13.1. The molecule has 1 aliphatic carbocycles. The van der Waals surface area contributed by atoms with Crippen LogP contribution in [0.3, 0.4) is 0 Å². The summed E-state index contributed by atoms with van der Waals surface area (Å²) in [5, 5.41) is 15.0. The zero-order chi connectivity index (χ0) is 19.0. The number of fused-ring (bicyclic) bond motifs is 2. The van der Waals surface area contributed by atoms with Gasteiger partial charge in [-0.25, -0.2) is 9.18 Å². The lowest BCUT2D eigenvalue weighted by Gasteiger charge is -2.31. The molecule has 3 amide bonds. The molecule has 0 radical (unpaired) electrons. The summed E-state index contributed by atoms with van der Waals surface area (Å²) >= 11 is 1.59. The number of rotatable bonds is 5. The molecule has 8 heteroatoms. The van der Waals surface area contributed by atoms with Gasteiger partial charge in [-0.05, 0) is 55.0 Å². The number of β-amino-alcohol motifs (C(OH)–C–C–N with tert-alkyl or cyclic N) is 1. The van der Waals surface area contributed by atoms with E-state index in [4.69, 9.17) is 4.74 Å². The maximum absolute atomic E-state index is 13.1. The highest BCUT2D eigenvalue weighted by atomic mass is 32.1. The summed E-state index contributed by atoms with van der Waals surface area (Å²) in [6.07, 6.45) is 1.24. The maximum Gasteiger partial charge on any atom is 0.325 e. The first kappa shape index (κ1) is 17.9. The van der Waals surface area contributed by atoms with Gasteiger partial charge in [0.1, 0.15) is 29.8 Å². The number of aryl methyl sites for hydroxylation is 1. The lowest BCUT2D eigenvalue weighted by Crippen LogP contribution is -2.46. The van der Waals surface area contributed by atoms with Crippen molar-refractivity contribution in [2.45, 2.75) is 30.9 Å². The van der Waals surface area contributed by atoms with Gasteiger partial charge in [0, 0.05) is 10.4 Å². The summed E-state index contributed by atoms with van der Waals surface area (Å²) in [4.78, 5) is 27.7. The summed E-state index contributed by atoms with van der Waals surface area (Å²) in [6.45, 7) is -0.271. The molecule has 27 heavy (non-hydrogen) atoms. The largest absolute Gasteiger partial charge is 0.491 e. The van der Waals surface area contributed by atoms with E-state index in [1.165, 1.54) is 24.3 Å². The second-order valence-corrected chi connectivity index (χ2v) is 7.78. The van der Waals surface area contributed by atoms with Gasteiger partial charge in [-0.3, -0.25) is 9.69 Å². The smallest absolute Gasteiger partial charge is 0.325 e. The summed E-state index contributed by atoms with van der Waals surface area (Å²) in [6, 6.07) is 6.80. The van der Waals surface area contributed by atoms with Gasteiger partial charge in [0.25, 0.3) is 5.91 Å². The number of amides is 3. The lowest BCUT2D eigenvalue weighted by atomic mass is 9.80. The van der Waals surface area contributed by atoms with Crippen LogP contribution in [0.25, 0.3) is 0 Å².